The summed E-state index contributed by atoms with van der Waals surface area (Å²) in [6, 6.07) is 4.24. The summed E-state index contributed by atoms with van der Waals surface area (Å²) >= 11 is 0. The first-order valence-corrected chi connectivity index (χ1v) is 6.49. The van der Waals surface area contributed by atoms with Crippen molar-refractivity contribution < 1.29 is 0 Å². The SMILES string of the molecule is CC(C)CNCC1(c2cccnc2)CC=CC1. The molecule has 2 nitrogen and oxygen atoms in total. The van der Waals surface area contributed by atoms with Gasteiger partial charge in [-0.1, -0.05) is 32.1 Å². The van der Waals surface area contributed by atoms with Crippen LogP contribution in [-0.2, 0) is 5.41 Å². The molecule has 1 aromatic heterocycles. The number of nitrogens with one attached hydrogen (secondary N) is 1. The summed E-state index contributed by atoms with van der Waals surface area (Å²) in [6.45, 7) is 6.62. The molecule has 0 aliphatic heterocycles. The van der Waals surface area contributed by atoms with Gasteiger partial charge in [0.25, 0.3) is 0 Å². The van der Waals surface area contributed by atoms with Gasteiger partial charge in [-0.25, -0.2) is 0 Å². The van der Waals surface area contributed by atoms with Gasteiger partial charge in [0.05, 0.1) is 0 Å². The first kappa shape index (κ1) is 12.3. The molecule has 0 atom stereocenters. The smallest absolute Gasteiger partial charge is 0.0306 e. The van der Waals surface area contributed by atoms with Crippen molar-refractivity contribution in [1.29, 1.82) is 0 Å². The fourth-order valence-electron chi connectivity index (χ4n) is 2.46. The first-order chi connectivity index (χ1) is 8.23. The monoisotopic (exact) mass is 230 g/mol. The maximum absolute atomic E-state index is 4.26. The van der Waals surface area contributed by atoms with Crippen molar-refractivity contribution in [3.8, 4) is 0 Å². The van der Waals surface area contributed by atoms with E-state index in [2.05, 4.69) is 42.4 Å². The predicted molar refractivity (Wildman–Crippen MR) is 72.0 cm³/mol. The molecule has 1 aliphatic rings. The average Bonchev–Trinajstić information content (AvgIpc) is 2.80. The lowest BCUT2D eigenvalue weighted by atomic mass is 9.79. The molecule has 0 saturated carbocycles. The second-order valence-electron chi connectivity index (χ2n) is 5.43. The molecule has 0 fully saturated rings. The topological polar surface area (TPSA) is 24.9 Å². The van der Waals surface area contributed by atoms with Gasteiger partial charge in [-0.05, 0) is 36.9 Å². The normalized spacial score (nSPS) is 17.8. The van der Waals surface area contributed by atoms with Crippen molar-refractivity contribution in [2.45, 2.75) is 32.1 Å². The van der Waals surface area contributed by atoms with E-state index in [1.807, 2.05) is 18.5 Å². The van der Waals surface area contributed by atoms with Gasteiger partial charge in [0.1, 0.15) is 0 Å². The molecular weight excluding hydrogens is 208 g/mol. The van der Waals surface area contributed by atoms with Gasteiger partial charge in [-0.15, -0.1) is 0 Å². The minimum Gasteiger partial charge on any atom is -0.316 e. The van der Waals surface area contributed by atoms with Gasteiger partial charge in [0, 0.05) is 24.4 Å². The van der Waals surface area contributed by atoms with Crippen molar-refractivity contribution >= 4 is 0 Å². The van der Waals surface area contributed by atoms with Crippen molar-refractivity contribution in [2.75, 3.05) is 13.1 Å². The number of nitrogens with zero attached hydrogens (tertiary/aromatic N) is 1. The molecule has 0 amide bonds. The van der Waals surface area contributed by atoms with Gasteiger partial charge in [0.15, 0.2) is 0 Å². The van der Waals surface area contributed by atoms with E-state index in [9.17, 15) is 0 Å². The lowest BCUT2D eigenvalue weighted by molar-refractivity contribution is 0.401. The van der Waals surface area contributed by atoms with Crippen molar-refractivity contribution in [3.63, 3.8) is 0 Å². The molecule has 0 spiro atoms. The molecule has 0 aromatic carbocycles. The Morgan fingerprint density at radius 3 is 2.71 bits per heavy atom. The summed E-state index contributed by atoms with van der Waals surface area (Å²) in [5, 5.41) is 3.60. The molecule has 0 radical (unpaired) electrons. The van der Waals surface area contributed by atoms with Crippen LogP contribution in [0.4, 0.5) is 0 Å². The minimum atomic E-state index is 0.239. The molecule has 0 saturated heterocycles. The van der Waals surface area contributed by atoms with Crippen molar-refractivity contribution in [3.05, 3.63) is 42.2 Å². The molecular formula is C15H22N2. The average molecular weight is 230 g/mol. The molecule has 2 heteroatoms. The maximum atomic E-state index is 4.26. The zero-order valence-corrected chi connectivity index (χ0v) is 10.8. The summed E-state index contributed by atoms with van der Waals surface area (Å²) in [7, 11) is 0. The number of rotatable bonds is 5. The highest BCUT2D eigenvalue weighted by molar-refractivity contribution is 5.28. The van der Waals surface area contributed by atoms with E-state index in [-0.39, 0.29) is 5.41 Å². The molecule has 92 valence electrons. The van der Waals surface area contributed by atoms with Gasteiger partial charge >= 0.3 is 0 Å². The number of hydrogen-bond donors (Lipinski definition) is 1. The summed E-state index contributed by atoms with van der Waals surface area (Å²) < 4.78 is 0. The quantitative estimate of drug-likeness (QED) is 0.787. The Hall–Kier alpha value is -1.15. The van der Waals surface area contributed by atoms with Crippen LogP contribution in [0.25, 0.3) is 0 Å². The van der Waals surface area contributed by atoms with E-state index in [1.54, 1.807) is 0 Å². The van der Waals surface area contributed by atoms with Gasteiger partial charge in [-0.3, -0.25) is 4.98 Å². The molecule has 1 N–H and O–H groups in total. The molecule has 1 aromatic rings. The Morgan fingerprint density at radius 2 is 2.12 bits per heavy atom. The Kier molecular flexibility index (Phi) is 3.95. The van der Waals surface area contributed by atoms with E-state index in [4.69, 9.17) is 0 Å². The first-order valence-electron chi connectivity index (χ1n) is 6.49. The Bertz CT molecular complexity index is 360. The van der Waals surface area contributed by atoms with Crippen molar-refractivity contribution in [2.24, 2.45) is 5.92 Å². The van der Waals surface area contributed by atoms with Crippen molar-refractivity contribution in [1.82, 2.24) is 10.3 Å². The van der Waals surface area contributed by atoms with Crippen LogP contribution in [0.5, 0.6) is 0 Å². The van der Waals surface area contributed by atoms with E-state index >= 15 is 0 Å². The van der Waals surface area contributed by atoms with Crippen LogP contribution in [0.1, 0.15) is 32.3 Å². The van der Waals surface area contributed by atoms with E-state index in [1.165, 1.54) is 5.56 Å². The van der Waals surface area contributed by atoms with Crippen LogP contribution in [0.2, 0.25) is 0 Å². The largest absolute Gasteiger partial charge is 0.316 e. The number of allylic oxidation sites excluding steroid dienone is 2. The van der Waals surface area contributed by atoms with Crippen LogP contribution in [-0.4, -0.2) is 18.1 Å². The third-order valence-electron chi connectivity index (χ3n) is 3.47. The van der Waals surface area contributed by atoms with Crippen LogP contribution >= 0.6 is 0 Å². The summed E-state index contributed by atoms with van der Waals surface area (Å²) in [6.07, 6.45) is 10.7. The highest BCUT2D eigenvalue weighted by Crippen LogP contribution is 2.36. The van der Waals surface area contributed by atoms with E-state index < -0.39 is 0 Å². The Labute approximate surface area is 104 Å². The molecule has 0 unspecified atom stereocenters. The van der Waals surface area contributed by atoms with Crippen LogP contribution in [0.15, 0.2) is 36.7 Å². The fraction of sp³-hybridized carbons (Fsp3) is 0.533. The third-order valence-corrected chi connectivity index (χ3v) is 3.47. The summed E-state index contributed by atoms with van der Waals surface area (Å²) in [5.74, 6) is 0.704. The van der Waals surface area contributed by atoms with Crippen LogP contribution in [0.3, 0.4) is 0 Å². The minimum absolute atomic E-state index is 0.239. The number of aromatic nitrogens is 1. The number of pyridine rings is 1. The molecule has 1 aliphatic carbocycles. The second kappa shape index (κ2) is 5.46. The van der Waals surface area contributed by atoms with Gasteiger partial charge in [-0.2, -0.15) is 0 Å². The lowest BCUT2D eigenvalue weighted by Crippen LogP contribution is -2.37. The van der Waals surface area contributed by atoms with E-state index in [0.717, 1.165) is 25.9 Å². The molecule has 2 rings (SSSR count). The van der Waals surface area contributed by atoms with Gasteiger partial charge < -0.3 is 5.32 Å². The maximum Gasteiger partial charge on any atom is 0.0306 e. The molecule has 1 heterocycles. The second-order valence-corrected chi connectivity index (χ2v) is 5.43. The zero-order chi connectivity index (χ0) is 12.1. The third kappa shape index (κ3) is 2.95. The van der Waals surface area contributed by atoms with Crippen LogP contribution < -0.4 is 5.32 Å². The van der Waals surface area contributed by atoms with Crippen LogP contribution in [0, 0.1) is 5.92 Å². The highest BCUT2D eigenvalue weighted by atomic mass is 14.9. The Balaban J connectivity index is 2.06. The fourth-order valence-corrected chi connectivity index (χ4v) is 2.46. The Morgan fingerprint density at radius 1 is 1.35 bits per heavy atom. The standard InChI is InChI=1S/C15H22N2/c1-13(2)10-17-12-15(7-3-4-8-15)14-6-5-9-16-11-14/h3-6,9,11,13,17H,7-8,10,12H2,1-2H3. The molecule has 0 bridgehead atoms. The molecule has 17 heavy (non-hydrogen) atoms. The summed E-state index contributed by atoms with van der Waals surface area (Å²) in [4.78, 5) is 4.26. The summed E-state index contributed by atoms with van der Waals surface area (Å²) in [5.41, 5.74) is 1.60. The van der Waals surface area contributed by atoms with E-state index in [0.29, 0.717) is 5.92 Å². The lowest BCUT2D eigenvalue weighted by Gasteiger charge is -2.30. The highest BCUT2D eigenvalue weighted by Gasteiger charge is 2.32. The van der Waals surface area contributed by atoms with Gasteiger partial charge in [0.2, 0.25) is 0 Å². The zero-order valence-electron chi connectivity index (χ0n) is 10.8. The predicted octanol–water partition coefficient (Wildman–Crippen LogP) is 2.92. The number of hydrogen-bond acceptors (Lipinski definition) is 2.